The van der Waals surface area contributed by atoms with Crippen molar-refractivity contribution < 1.29 is 9.90 Å². The fourth-order valence-corrected chi connectivity index (χ4v) is 1.84. The molecule has 0 saturated heterocycles. The van der Waals surface area contributed by atoms with Crippen LogP contribution in [0.25, 0.3) is 0 Å². The molecule has 0 heterocycles. The fraction of sp³-hybridized carbons (Fsp3) is 0.800. The van der Waals surface area contributed by atoms with E-state index in [0.29, 0.717) is 0 Å². The van der Waals surface area contributed by atoms with Gasteiger partial charge in [0.05, 0.1) is 0 Å². The second-order valence-electron chi connectivity index (χ2n) is 5.70. The van der Waals surface area contributed by atoms with E-state index in [1.54, 1.807) is 0 Å². The third-order valence-corrected chi connectivity index (χ3v) is 3.26. The summed E-state index contributed by atoms with van der Waals surface area (Å²) in [6.07, 6.45) is 8.84. The minimum absolute atomic E-state index is 0.119. The predicted octanol–water partition coefficient (Wildman–Crippen LogP) is 3.60. The van der Waals surface area contributed by atoms with Gasteiger partial charge in [0.15, 0.2) is 0 Å². The summed E-state index contributed by atoms with van der Waals surface area (Å²) in [5, 5.41) is 12.1. The molecule has 0 radical (unpaired) electrons. The van der Waals surface area contributed by atoms with E-state index >= 15 is 0 Å². The van der Waals surface area contributed by atoms with Crippen molar-refractivity contribution in [3.63, 3.8) is 0 Å². The first kappa shape index (κ1) is 17.2. The maximum atomic E-state index is 10.5. The molecule has 0 aliphatic carbocycles. The minimum Gasteiger partial charge on any atom is -0.481 e. The second kappa shape index (κ2) is 10.1. The van der Waals surface area contributed by atoms with Gasteiger partial charge in [-0.25, -0.2) is 0 Å². The van der Waals surface area contributed by atoms with Crippen molar-refractivity contribution in [2.75, 3.05) is 13.1 Å². The number of hydrogen-bond donors (Lipinski definition) is 2. The number of rotatable bonds is 12. The normalized spacial score (nSPS) is 11.4. The van der Waals surface area contributed by atoms with Crippen LogP contribution >= 0.6 is 0 Å². The fourth-order valence-electron chi connectivity index (χ4n) is 1.84. The highest BCUT2D eigenvalue weighted by Crippen LogP contribution is 2.25. The third kappa shape index (κ3) is 11.6. The van der Waals surface area contributed by atoms with Crippen molar-refractivity contribution in [3.05, 3.63) is 12.7 Å². The first-order valence-electron chi connectivity index (χ1n) is 7.01. The topological polar surface area (TPSA) is 49.3 Å². The molecule has 0 spiro atoms. The van der Waals surface area contributed by atoms with E-state index in [0.717, 1.165) is 32.4 Å². The Bertz CT molecular complexity index is 237. The molecule has 0 rings (SSSR count). The summed E-state index contributed by atoms with van der Waals surface area (Å²) in [6, 6.07) is 0. The number of nitrogens with one attached hydrogen (secondary N) is 1. The van der Waals surface area contributed by atoms with Gasteiger partial charge in [0.25, 0.3) is 0 Å². The molecule has 0 aliphatic rings. The van der Waals surface area contributed by atoms with Crippen LogP contribution in [0.5, 0.6) is 0 Å². The summed E-state index contributed by atoms with van der Waals surface area (Å²) in [5.41, 5.74) is 0.119. The molecule has 2 N–H and O–H groups in total. The maximum Gasteiger partial charge on any atom is 0.303 e. The predicted molar refractivity (Wildman–Crippen MR) is 76.8 cm³/mol. The van der Waals surface area contributed by atoms with E-state index in [1.807, 2.05) is 6.08 Å². The zero-order valence-electron chi connectivity index (χ0n) is 12.0. The highest BCUT2D eigenvalue weighted by molar-refractivity contribution is 5.66. The molecule has 3 heteroatoms. The number of carboxylic acid groups (broad SMARTS) is 1. The number of hydrogen-bond acceptors (Lipinski definition) is 2. The van der Waals surface area contributed by atoms with Crippen molar-refractivity contribution in [1.29, 1.82) is 0 Å². The number of carbonyl (C=O) groups is 1. The summed E-state index contributed by atoms with van der Waals surface area (Å²) in [6.45, 7) is 10.0. The largest absolute Gasteiger partial charge is 0.481 e. The zero-order valence-corrected chi connectivity index (χ0v) is 12.0. The first-order chi connectivity index (χ1) is 8.48. The van der Waals surface area contributed by atoms with Crippen LogP contribution in [0.15, 0.2) is 12.7 Å². The molecule has 106 valence electrons. The van der Waals surface area contributed by atoms with Crippen LogP contribution in [0, 0.1) is 5.41 Å². The average molecular weight is 255 g/mol. The molecule has 0 atom stereocenters. The van der Waals surface area contributed by atoms with Gasteiger partial charge in [0.2, 0.25) is 0 Å². The van der Waals surface area contributed by atoms with Crippen LogP contribution in [0.3, 0.4) is 0 Å². The van der Waals surface area contributed by atoms with E-state index in [1.165, 1.54) is 19.3 Å². The Morgan fingerprint density at radius 1 is 1.22 bits per heavy atom. The summed E-state index contributed by atoms with van der Waals surface area (Å²) in [7, 11) is 0. The summed E-state index contributed by atoms with van der Waals surface area (Å²) in [5.74, 6) is -0.696. The molecule has 0 saturated carbocycles. The number of aliphatic carboxylic acids is 1. The van der Waals surface area contributed by atoms with Gasteiger partial charge in [-0.2, -0.15) is 0 Å². The Kier molecular flexibility index (Phi) is 9.66. The molecule has 0 aromatic carbocycles. The molecular formula is C15H29NO2. The molecule has 0 fully saturated rings. The minimum atomic E-state index is -0.696. The first-order valence-corrected chi connectivity index (χ1v) is 7.01. The Hall–Kier alpha value is -0.830. The van der Waals surface area contributed by atoms with Crippen molar-refractivity contribution in [3.8, 4) is 0 Å². The molecule has 0 amide bonds. The lowest BCUT2D eigenvalue weighted by molar-refractivity contribution is -0.137. The molecule has 0 aliphatic heterocycles. The number of carboxylic acids is 1. The lowest BCUT2D eigenvalue weighted by atomic mass is 9.84. The van der Waals surface area contributed by atoms with Gasteiger partial charge in [-0.1, -0.05) is 26.3 Å². The zero-order chi connectivity index (χ0) is 13.9. The highest BCUT2D eigenvalue weighted by Gasteiger charge is 2.18. The number of allylic oxidation sites excluding steroid dienone is 1. The quantitative estimate of drug-likeness (QED) is 0.414. The van der Waals surface area contributed by atoms with Gasteiger partial charge >= 0.3 is 5.97 Å². The van der Waals surface area contributed by atoms with Gasteiger partial charge in [-0.05, 0) is 50.6 Å². The van der Waals surface area contributed by atoms with Crippen LogP contribution < -0.4 is 5.32 Å². The average Bonchev–Trinajstić information content (AvgIpc) is 2.30. The van der Waals surface area contributed by atoms with Gasteiger partial charge in [0, 0.05) is 6.42 Å². The summed E-state index contributed by atoms with van der Waals surface area (Å²) >= 11 is 0. The molecular weight excluding hydrogens is 226 g/mol. The molecule has 18 heavy (non-hydrogen) atoms. The lowest BCUT2D eigenvalue weighted by Crippen LogP contribution is -2.23. The molecule has 3 nitrogen and oxygen atoms in total. The summed E-state index contributed by atoms with van der Waals surface area (Å²) in [4.78, 5) is 10.5. The summed E-state index contributed by atoms with van der Waals surface area (Å²) < 4.78 is 0. The highest BCUT2D eigenvalue weighted by atomic mass is 16.4. The molecule has 0 aromatic heterocycles. The monoisotopic (exact) mass is 255 g/mol. The maximum absolute atomic E-state index is 10.5. The van der Waals surface area contributed by atoms with Crippen LogP contribution in [0.1, 0.15) is 58.8 Å². The van der Waals surface area contributed by atoms with Crippen LogP contribution in [0.4, 0.5) is 0 Å². The van der Waals surface area contributed by atoms with Gasteiger partial charge in [-0.3, -0.25) is 4.79 Å². The van der Waals surface area contributed by atoms with E-state index < -0.39 is 5.97 Å². The van der Waals surface area contributed by atoms with Crippen molar-refractivity contribution >= 4 is 5.97 Å². The number of unbranched alkanes of at least 4 members (excludes halogenated alkanes) is 3. The molecule has 0 bridgehead atoms. The Labute approximate surface area is 112 Å². The Balaban J connectivity index is 3.40. The lowest BCUT2D eigenvalue weighted by Gasteiger charge is -2.23. The SMILES string of the molecule is C=CCCCCCNCCC(C)(C)CCC(=O)O. The van der Waals surface area contributed by atoms with Crippen LogP contribution in [0.2, 0.25) is 0 Å². The Morgan fingerprint density at radius 2 is 1.94 bits per heavy atom. The van der Waals surface area contributed by atoms with Crippen molar-refractivity contribution in [2.45, 2.75) is 58.8 Å². The van der Waals surface area contributed by atoms with E-state index in [9.17, 15) is 4.79 Å². The Morgan fingerprint density at radius 3 is 2.56 bits per heavy atom. The molecule has 0 unspecified atom stereocenters. The van der Waals surface area contributed by atoms with Gasteiger partial charge in [0.1, 0.15) is 0 Å². The van der Waals surface area contributed by atoms with E-state index in [2.05, 4.69) is 25.7 Å². The van der Waals surface area contributed by atoms with Crippen LogP contribution in [-0.2, 0) is 4.79 Å². The standard InChI is InChI=1S/C15H29NO2/c1-4-5-6-7-8-12-16-13-11-15(2,3)10-9-14(17)18/h4,16H,1,5-13H2,2-3H3,(H,17,18). The van der Waals surface area contributed by atoms with Crippen molar-refractivity contribution in [1.82, 2.24) is 5.32 Å². The van der Waals surface area contributed by atoms with Crippen molar-refractivity contribution in [2.24, 2.45) is 5.41 Å². The van der Waals surface area contributed by atoms with E-state index in [-0.39, 0.29) is 11.8 Å². The van der Waals surface area contributed by atoms with Gasteiger partial charge in [-0.15, -0.1) is 6.58 Å². The third-order valence-electron chi connectivity index (χ3n) is 3.26. The van der Waals surface area contributed by atoms with Gasteiger partial charge < -0.3 is 10.4 Å². The van der Waals surface area contributed by atoms with Crippen LogP contribution in [-0.4, -0.2) is 24.2 Å². The second-order valence-corrected chi connectivity index (χ2v) is 5.70. The molecule has 0 aromatic rings. The smallest absolute Gasteiger partial charge is 0.303 e. The van der Waals surface area contributed by atoms with E-state index in [4.69, 9.17) is 5.11 Å².